The van der Waals surface area contributed by atoms with Crippen molar-refractivity contribution in [2.75, 3.05) is 13.1 Å². The highest BCUT2D eigenvalue weighted by Gasteiger charge is 2.19. The van der Waals surface area contributed by atoms with Crippen molar-refractivity contribution in [3.63, 3.8) is 0 Å². The molecule has 0 aliphatic carbocycles. The Hall–Kier alpha value is -0.0400. The highest BCUT2D eigenvalue weighted by Crippen LogP contribution is 2.25. The number of rotatable bonds is 3. The lowest BCUT2D eigenvalue weighted by Gasteiger charge is -2.29. The molecule has 0 amide bonds. The van der Waals surface area contributed by atoms with Gasteiger partial charge in [0.15, 0.2) is 0 Å². The molecule has 12 heavy (non-hydrogen) atoms. The van der Waals surface area contributed by atoms with E-state index in [1.165, 1.54) is 32.4 Å². The van der Waals surface area contributed by atoms with Crippen LogP contribution >= 0.6 is 0 Å². The van der Waals surface area contributed by atoms with Crippen molar-refractivity contribution in [1.82, 2.24) is 5.32 Å². The lowest BCUT2D eigenvalue weighted by molar-refractivity contribution is 0.248. The minimum absolute atomic E-state index is 0.863. The molecule has 1 nitrogen and oxygen atoms in total. The molecule has 1 aliphatic heterocycles. The highest BCUT2D eigenvalue weighted by molar-refractivity contribution is 4.74. The quantitative estimate of drug-likeness (QED) is 0.685. The van der Waals surface area contributed by atoms with Crippen LogP contribution in [0.1, 0.15) is 40.0 Å². The molecule has 1 N–H and O–H groups in total. The molecule has 1 heteroatoms. The highest BCUT2D eigenvalue weighted by atomic mass is 14.9. The second-order valence-electron chi connectivity index (χ2n) is 4.71. The molecular weight excluding hydrogens is 146 g/mol. The van der Waals surface area contributed by atoms with Gasteiger partial charge in [-0.2, -0.15) is 0 Å². The molecule has 1 fully saturated rings. The van der Waals surface area contributed by atoms with Gasteiger partial charge in [-0.05, 0) is 50.1 Å². The fourth-order valence-electron chi connectivity index (χ4n) is 2.30. The molecular formula is C11H23N. The van der Waals surface area contributed by atoms with Gasteiger partial charge in [0, 0.05) is 0 Å². The van der Waals surface area contributed by atoms with Crippen molar-refractivity contribution in [1.29, 1.82) is 0 Å². The maximum atomic E-state index is 3.49. The van der Waals surface area contributed by atoms with E-state index in [-0.39, 0.29) is 0 Å². The van der Waals surface area contributed by atoms with Crippen LogP contribution in [0.2, 0.25) is 0 Å². The summed E-state index contributed by atoms with van der Waals surface area (Å²) in [6.45, 7) is 9.57. The lowest BCUT2D eigenvalue weighted by Crippen LogP contribution is -2.33. The molecule has 1 rings (SSSR count). The van der Waals surface area contributed by atoms with E-state index in [0.717, 1.165) is 17.8 Å². The van der Waals surface area contributed by atoms with Gasteiger partial charge in [-0.3, -0.25) is 0 Å². The minimum Gasteiger partial charge on any atom is -0.316 e. The zero-order valence-electron chi connectivity index (χ0n) is 8.77. The normalized spacial score (nSPS) is 27.5. The SMILES string of the molecule is CC(C)CC(C)C1CCCNC1. The summed E-state index contributed by atoms with van der Waals surface area (Å²) in [6.07, 6.45) is 4.22. The summed E-state index contributed by atoms with van der Waals surface area (Å²) in [5.74, 6) is 2.72. The molecule has 0 aromatic rings. The van der Waals surface area contributed by atoms with Crippen molar-refractivity contribution in [2.45, 2.75) is 40.0 Å². The molecule has 0 spiro atoms. The second kappa shape index (κ2) is 4.86. The predicted molar refractivity (Wildman–Crippen MR) is 54.2 cm³/mol. The summed E-state index contributed by atoms with van der Waals surface area (Å²) in [4.78, 5) is 0. The molecule has 1 heterocycles. The van der Waals surface area contributed by atoms with E-state index in [1.807, 2.05) is 0 Å². The smallest absolute Gasteiger partial charge is 0.00180 e. The molecule has 0 aromatic carbocycles. The van der Waals surface area contributed by atoms with Crippen LogP contribution in [0, 0.1) is 17.8 Å². The van der Waals surface area contributed by atoms with Gasteiger partial charge in [-0.25, -0.2) is 0 Å². The monoisotopic (exact) mass is 169 g/mol. The Kier molecular flexibility index (Phi) is 4.07. The molecule has 1 saturated heterocycles. The number of nitrogens with one attached hydrogen (secondary N) is 1. The fourth-order valence-corrected chi connectivity index (χ4v) is 2.30. The first-order valence-electron chi connectivity index (χ1n) is 5.41. The second-order valence-corrected chi connectivity index (χ2v) is 4.71. The van der Waals surface area contributed by atoms with Gasteiger partial charge in [0.2, 0.25) is 0 Å². The molecule has 1 aliphatic rings. The maximum absolute atomic E-state index is 3.49. The Morgan fingerprint density at radius 1 is 1.33 bits per heavy atom. The average Bonchev–Trinajstić information content (AvgIpc) is 2.05. The Labute approximate surface area is 76.9 Å². The number of piperidine rings is 1. The van der Waals surface area contributed by atoms with E-state index in [1.54, 1.807) is 0 Å². The van der Waals surface area contributed by atoms with Crippen LogP contribution in [-0.4, -0.2) is 13.1 Å². The van der Waals surface area contributed by atoms with Crippen LogP contribution in [0.25, 0.3) is 0 Å². The number of hydrogen-bond acceptors (Lipinski definition) is 1. The van der Waals surface area contributed by atoms with Crippen molar-refractivity contribution < 1.29 is 0 Å². The van der Waals surface area contributed by atoms with E-state index < -0.39 is 0 Å². The van der Waals surface area contributed by atoms with E-state index >= 15 is 0 Å². The van der Waals surface area contributed by atoms with Gasteiger partial charge >= 0.3 is 0 Å². The molecule has 72 valence electrons. The van der Waals surface area contributed by atoms with Gasteiger partial charge in [-0.1, -0.05) is 20.8 Å². The van der Waals surface area contributed by atoms with E-state index in [0.29, 0.717) is 0 Å². The standard InChI is InChI=1S/C11H23N/c1-9(2)7-10(3)11-5-4-6-12-8-11/h9-12H,4-8H2,1-3H3. The minimum atomic E-state index is 0.863. The maximum Gasteiger partial charge on any atom is -0.00180 e. The van der Waals surface area contributed by atoms with Crippen molar-refractivity contribution in [3.05, 3.63) is 0 Å². The van der Waals surface area contributed by atoms with E-state index in [4.69, 9.17) is 0 Å². The molecule has 0 bridgehead atoms. The van der Waals surface area contributed by atoms with Crippen molar-refractivity contribution >= 4 is 0 Å². The van der Waals surface area contributed by atoms with Gasteiger partial charge in [0.25, 0.3) is 0 Å². The summed E-state index contributed by atoms with van der Waals surface area (Å²) in [5, 5.41) is 3.49. The average molecular weight is 169 g/mol. The van der Waals surface area contributed by atoms with Crippen LogP contribution in [-0.2, 0) is 0 Å². The zero-order valence-corrected chi connectivity index (χ0v) is 8.77. The summed E-state index contributed by atoms with van der Waals surface area (Å²) < 4.78 is 0. The van der Waals surface area contributed by atoms with Gasteiger partial charge < -0.3 is 5.32 Å². The Balaban J connectivity index is 2.24. The largest absolute Gasteiger partial charge is 0.316 e. The Morgan fingerprint density at radius 2 is 2.08 bits per heavy atom. The van der Waals surface area contributed by atoms with Crippen LogP contribution < -0.4 is 5.32 Å². The van der Waals surface area contributed by atoms with E-state index in [9.17, 15) is 0 Å². The van der Waals surface area contributed by atoms with Gasteiger partial charge in [-0.15, -0.1) is 0 Å². The van der Waals surface area contributed by atoms with Crippen LogP contribution in [0.5, 0.6) is 0 Å². The first-order valence-corrected chi connectivity index (χ1v) is 5.41. The van der Waals surface area contributed by atoms with Gasteiger partial charge in [0.1, 0.15) is 0 Å². The third-order valence-corrected chi connectivity index (χ3v) is 2.98. The summed E-state index contributed by atoms with van der Waals surface area (Å²) >= 11 is 0. The summed E-state index contributed by atoms with van der Waals surface area (Å²) in [6, 6.07) is 0. The fraction of sp³-hybridized carbons (Fsp3) is 1.00. The molecule has 2 atom stereocenters. The van der Waals surface area contributed by atoms with Crippen LogP contribution in [0.15, 0.2) is 0 Å². The molecule has 0 radical (unpaired) electrons. The molecule has 0 saturated carbocycles. The summed E-state index contributed by atoms with van der Waals surface area (Å²) in [5.41, 5.74) is 0. The predicted octanol–water partition coefficient (Wildman–Crippen LogP) is 2.67. The van der Waals surface area contributed by atoms with Crippen molar-refractivity contribution in [2.24, 2.45) is 17.8 Å². The Morgan fingerprint density at radius 3 is 2.58 bits per heavy atom. The zero-order chi connectivity index (χ0) is 8.97. The number of hydrogen-bond donors (Lipinski definition) is 1. The Bertz CT molecular complexity index is 114. The molecule has 2 unspecified atom stereocenters. The first kappa shape index (κ1) is 10.0. The van der Waals surface area contributed by atoms with Crippen LogP contribution in [0.3, 0.4) is 0 Å². The third-order valence-electron chi connectivity index (χ3n) is 2.98. The van der Waals surface area contributed by atoms with Crippen LogP contribution in [0.4, 0.5) is 0 Å². The third kappa shape index (κ3) is 3.14. The van der Waals surface area contributed by atoms with Gasteiger partial charge in [0.05, 0.1) is 0 Å². The van der Waals surface area contributed by atoms with E-state index in [2.05, 4.69) is 26.1 Å². The topological polar surface area (TPSA) is 12.0 Å². The summed E-state index contributed by atoms with van der Waals surface area (Å²) in [7, 11) is 0. The lowest BCUT2D eigenvalue weighted by atomic mass is 9.83. The first-order chi connectivity index (χ1) is 5.70. The van der Waals surface area contributed by atoms with Crippen molar-refractivity contribution in [3.8, 4) is 0 Å². The molecule has 0 aromatic heterocycles.